The van der Waals surface area contributed by atoms with Gasteiger partial charge in [-0.25, -0.2) is 4.98 Å². The molecule has 0 amide bonds. The highest BCUT2D eigenvalue weighted by atomic mass is 32.1. The van der Waals surface area contributed by atoms with Crippen molar-refractivity contribution in [3.8, 4) is 0 Å². The molecule has 0 saturated carbocycles. The molecule has 0 spiro atoms. The Morgan fingerprint density at radius 2 is 2.11 bits per heavy atom. The number of rotatable bonds is 2. The Labute approximate surface area is 115 Å². The van der Waals surface area contributed by atoms with Crippen LogP contribution in [0.1, 0.15) is 16.3 Å². The van der Waals surface area contributed by atoms with Gasteiger partial charge in [0.2, 0.25) is 0 Å². The zero-order chi connectivity index (χ0) is 13.4. The predicted octanol–water partition coefficient (Wildman–Crippen LogP) is 0.0165. The number of aryl methyl sites for hydroxylation is 2. The van der Waals surface area contributed by atoms with E-state index < -0.39 is 0 Å². The molecule has 1 aliphatic rings. The van der Waals surface area contributed by atoms with Gasteiger partial charge in [-0.05, 0) is 19.4 Å². The van der Waals surface area contributed by atoms with Crippen molar-refractivity contribution in [1.82, 2.24) is 9.97 Å². The molecule has 0 aliphatic carbocycles. The van der Waals surface area contributed by atoms with E-state index in [1.54, 1.807) is 11.3 Å². The second-order valence-electron chi connectivity index (χ2n) is 5.02. The topological polar surface area (TPSA) is 59.4 Å². The first kappa shape index (κ1) is 12.8. The van der Waals surface area contributed by atoms with E-state index in [0.29, 0.717) is 0 Å². The number of aromatic amines is 1. The lowest BCUT2D eigenvalue weighted by Crippen LogP contribution is -3.12. The SMILES string of the molecule is Cc1sc2nc(C[NH+]3CCOCC3)[nH]c(=O)c2c1C. The maximum absolute atomic E-state index is 12.2. The van der Waals surface area contributed by atoms with Crippen molar-refractivity contribution in [3.05, 3.63) is 26.6 Å². The average molecular weight is 280 g/mol. The van der Waals surface area contributed by atoms with Gasteiger partial charge in [0, 0.05) is 4.88 Å². The summed E-state index contributed by atoms with van der Waals surface area (Å²) >= 11 is 1.60. The third kappa shape index (κ3) is 2.43. The summed E-state index contributed by atoms with van der Waals surface area (Å²) in [5.74, 6) is 0.788. The number of nitrogens with zero attached hydrogens (tertiary/aromatic N) is 1. The number of nitrogens with one attached hydrogen (secondary N) is 2. The smallest absolute Gasteiger partial charge is 0.260 e. The van der Waals surface area contributed by atoms with Gasteiger partial charge in [-0.2, -0.15) is 0 Å². The van der Waals surface area contributed by atoms with Gasteiger partial charge in [0.05, 0.1) is 18.6 Å². The summed E-state index contributed by atoms with van der Waals surface area (Å²) in [5, 5.41) is 0.753. The van der Waals surface area contributed by atoms with Gasteiger partial charge in [-0.15, -0.1) is 11.3 Å². The Bertz CT molecular complexity index is 656. The monoisotopic (exact) mass is 280 g/mol. The number of H-pyrrole nitrogens is 1. The molecule has 0 radical (unpaired) electrons. The number of ether oxygens (including phenoxy) is 1. The average Bonchev–Trinajstić information content (AvgIpc) is 2.66. The number of aromatic nitrogens is 2. The van der Waals surface area contributed by atoms with Gasteiger partial charge < -0.3 is 14.6 Å². The molecular formula is C13H18N3O2S+. The van der Waals surface area contributed by atoms with E-state index in [2.05, 4.69) is 9.97 Å². The Balaban J connectivity index is 1.94. The number of thiophene rings is 1. The van der Waals surface area contributed by atoms with E-state index in [1.807, 2.05) is 13.8 Å². The lowest BCUT2D eigenvalue weighted by atomic mass is 10.2. The van der Waals surface area contributed by atoms with Crippen LogP contribution in [-0.4, -0.2) is 36.3 Å². The molecule has 0 unspecified atom stereocenters. The molecule has 5 nitrogen and oxygen atoms in total. The normalized spacial score (nSPS) is 17.2. The summed E-state index contributed by atoms with van der Waals surface area (Å²) < 4.78 is 5.34. The minimum absolute atomic E-state index is 0.00508. The molecule has 0 atom stereocenters. The van der Waals surface area contributed by atoms with E-state index in [4.69, 9.17) is 4.74 Å². The van der Waals surface area contributed by atoms with Crippen molar-refractivity contribution >= 4 is 21.6 Å². The third-order valence-corrected chi connectivity index (χ3v) is 4.81. The first-order chi connectivity index (χ1) is 9.15. The second kappa shape index (κ2) is 5.03. The van der Waals surface area contributed by atoms with Crippen LogP contribution in [0.25, 0.3) is 10.2 Å². The number of fused-ring (bicyclic) bond motifs is 1. The molecular weight excluding hydrogens is 262 g/mol. The minimum Gasteiger partial charge on any atom is -0.370 e. The van der Waals surface area contributed by atoms with Gasteiger partial charge in [0.25, 0.3) is 5.56 Å². The molecule has 102 valence electrons. The first-order valence-electron chi connectivity index (χ1n) is 6.55. The van der Waals surface area contributed by atoms with Crippen LogP contribution in [0.5, 0.6) is 0 Å². The summed E-state index contributed by atoms with van der Waals surface area (Å²) in [6, 6.07) is 0. The van der Waals surface area contributed by atoms with Gasteiger partial charge in [0.15, 0.2) is 5.82 Å². The van der Waals surface area contributed by atoms with Crippen molar-refractivity contribution in [2.45, 2.75) is 20.4 Å². The Hall–Kier alpha value is -1.24. The largest absolute Gasteiger partial charge is 0.370 e. The van der Waals surface area contributed by atoms with Crippen LogP contribution in [0.4, 0.5) is 0 Å². The van der Waals surface area contributed by atoms with Gasteiger partial charge >= 0.3 is 0 Å². The Kier molecular flexibility index (Phi) is 3.38. The summed E-state index contributed by atoms with van der Waals surface area (Å²) in [7, 11) is 0. The van der Waals surface area contributed by atoms with E-state index in [0.717, 1.165) is 54.5 Å². The second-order valence-corrected chi connectivity index (χ2v) is 6.22. The highest BCUT2D eigenvalue weighted by Crippen LogP contribution is 2.25. The van der Waals surface area contributed by atoms with Crippen LogP contribution in [-0.2, 0) is 11.3 Å². The fourth-order valence-electron chi connectivity index (χ4n) is 2.46. The standard InChI is InChI=1S/C13H17N3O2S/c1-8-9(2)19-13-11(8)12(17)14-10(15-13)7-16-3-5-18-6-4-16/h3-7H2,1-2H3,(H,14,15,17)/p+1. The van der Waals surface area contributed by atoms with Crippen LogP contribution in [0.2, 0.25) is 0 Å². The van der Waals surface area contributed by atoms with Gasteiger partial charge in [-0.3, -0.25) is 4.79 Å². The van der Waals surface area contributed by atoms with Gasteiger partial charge in [0.1, 0.15) is 24.5 Å². The van der Waals surface area contributed by atoms with Crippen molar-refractivity contribution < 1.29 is 9.64 Å². The Morgan fingerprint density at radius 3 is 2.84 bits per heavy atom. The maximum atomic E-state index is 12.2. The van der Waals surface area contributed by atoms with Crippen molar-refractivity contribution in [2.24, 2.45) is 0 Å². The van der Waals surface area contributed by atoms with Crippen LogP contribution >= 0.6 is 11.3 Å². The lowest BCUT2D eigenvalue weighted by Gasteiger charge is -2.23. The summed E-state index contributed by atoms with van der Waals surface area (Å²) in [6.45, 7) is 8.32. The van der Waals surface area contributed by atoms with Crippen LogP contribution in [0.3, 0.4) is 0 Å². The maximum Gasteiger partial charge on any atom is 0.260 e. The van der Waals surface area contributed by atoms with E-state index in [9.17, 15) is 4.79 Å². The van der Waals surface area contributed by atoms with Crippen molar-refractivity contribution in [1.29, 1.82) is 0 Å². The molecule has 19 heavy (non-hydrogen) atoms. The van der Waals surface area contributed by atoms with E-state index in [-0.39, 0.29) is 5.56 Å². The van der Waals surface area contributed by atoms with Crippen LogP contribution in [0.15, 0.2) is 4.79 Å². The molecule has 1 aliphatic heterocycles. The Morgan fingerprint density at radius 1 is 1.37 bits per heavy atom. The molecule has 2 N–H and O–H groups in total. The lowest BCUT2D eigenvalue weighted by molar-refractivity contribution is -0.922. The zero-order valence-electron chi connectivity index (χ0n) is 11.2. The molecule has 0 aromatic carbocycles. The fourth-order valence-corrected chi connectivity index (χ4v) is 3.51. The highest BCUT2D eigenvalue weighted by Gasteiger charge is 2.17. The zero-order valence-corrected chi connectivity index (χ0v) is 12.0. The van der Waals surface area contributed by atoms with E-state index in [1.165, 1.54) is 9.78 Å². The summed E-state index contributed by atoms with van der Waals surface area (Å²) in [5.41, 5.74) is 1.05. The third-order valence-electron chi connectivity index (χ3n) is 3.71. The number of hydrogen-bond donors (Lipinski definition) is 2. The number of hydrogen-bond acceptors (Lipinski definition) is 4. The highest BCUT2D eigenvalue weighted by molar-refractivity contribution is 7.18. The number of morpholine rings is 1. The molecule has 0 bridgehead atoms. The minimum atomic E-state index is -0.00508. The molecule has 3 heterocycles. The molecule has 6 heteroatoms. The number of quaternary nitrogens is 1. The molecule has 2 aromatic rings. The van der Waals surface area contributed by atoms with Crippen molar-refractivity contribution in [2.75, 3.05) is 26.3 Å². The van der Waals surface area contributed by atoms with Crippen LogP contribution in [0, 0.1) is 13.8 Å². The molecule has 2 aromatic heterocycles. The fraction of sp³-hybridized carbons (Fsp3) is 0.538. The van der Waals surface area contributed by atoms with Gasteiger partial charge in [-0.1, -0.05) is 0 Å². The van der Waals surface area contributed by atoms with Crippen LogP contribution < -0.4 is 10.5 Å². The summed E-state index contributed by atoms with van der Waals surface area (Å²) in [4.78, 5) is 23.1. The molecule has 3 rings (SSSR count). The van der Waals surface area contributed by atoms with Crippen molar-refractivity contribution in [3.63, 3.8) is 0 Å². The molecule has 1 saturated heterocycles. The molecule has 1 fully saturated rings. The van der Waals surface area contributed by atoms with E-state index >= 15 is 0 Å². The first-order valence-corrected chi connectivity index (χ1v) is 7.37. The quantitative estimate of drug-likeness (QED) is 0.815. The predicted molar refractivity (Wildman–Crippen MR) is 74.9 cm³/mol. The summed E-state index contributed by atoms with van der Waals surface area (Å²) in [6.07, 6.45) is 0.